The van der Waals surface area contributed by atoms with Crippen molar-refractivity contribution in [2.24, 2.45) is 0 Å². The average Bonchev–Trinajstić information content (AvgIpc) is 2.93. The van der Waals surface area contributed by atoms with Crippen LogP contribution in [0, 0.1) is 0 Å². The molecule has 1 aromatic carbocycles. The monoisotopic (exact) mass is 289 g/mol. The van der Waals surface area contributed by atoms with E-state index in [-0.39, 0.29) is 5.91 Å². The van der Waals surface area contributed by atoms with Crippen LogP contribution in [-0.4, -0.2) is 23.5 Å². The molecule has 1 aliphatic carbocycles. The van der Waals surface area contributed by atoms with Gasteiger partial charge in [0, 0.05) is 11.7 Å². The molecule has 1 heterocycles. The number of carbonyl (C=O) groups excluding carboxylic acids is 1. The Morgan fingerprint density at radius 1 is 1.30 bits per heavy atom. The molecule has 0 spiro atoms. The normalized spacial score (nSPS) is 16.2. The van der Waals surface area contributed by atoms with Gasteiger partial charge in [-0.2, -0.15) is 0 Å². The van der Waals surface area contributed by atoms with Gasteiger partial charge >= 0.3 is 0 Å². The quantitative estimate of drug-likeness (QED) is 0.909. The van der Waals surface area contributed by atoms with Crippen LogP contribution in [0.1, 0.15) is 32.1 Å². The van der Waals surface area contributed by atoms with E-state index in [2.05, 4.69) is 15.6 Å². The van der Waals surface area contributed by atoms with Crippen molar-refractivity contribution in [1.82, 2.24) is 10.3 Å². The third-order valence-electron chi connectivity index (χ3n) is 3.75. The van der Waals surface area contributed by atoms with Crippen LogP contribution in [0.15, 0.2) is 23.7 Å². The van der Waals surface area contributed by atoms with Crippen LogP contribution in [0.25, 0.3) is 10.2 Å². The maximum Gasteiger partial charge on any atom is 0.239 e. The Morgan fingerprint density at radius 3 is 3.00 bits per heavy atom. The Morgan fingerprint density at radius 2 is 2.15 bits per heavy atom. The summed E-state index contributed by atoms with van der Waals surface area (Å²) in [6.07, 6.45) is 6.02. The van der Waals surface area contributed by atoms with Crippen LogP contribution >= 0.6 is 11.3 Å². The van der Waals surface area contributed by atoms with Crippen LogP contribution in [-0.2, 0) is 4.79 Å². The van der Waals surface area contributed by atoms with E-state index >= 15 is 0 Å². The van der Waals surface area contributed by atoms with Crippen LogP contribution in [0.4, 0.5) is 5.69 Å². The molecule has 1 aromatic heterocycles. The molecule has 1 saturated carbocycles. The van der Waals surface area contributed by atoms with E-state index in [4.69, 9.17) is 0 Å². The number of thiazole rings is 1. The number of nitrogens with zero attached hydrogens (tertiary/aromatic N) is 1. The van der Waals surface area contributed by atoms with E-state index in [1.807, 2.05) is 23.7 Å². The van der Waals surface area contributed by atoms with E-state index in [0.717, 1.165) is 24.0 Å². The zero-order valence-electron chi connectivity index (χ0n) is 11.4. The molecule has 0 saturated heterocycles. The number of rotatable bonds is 4. The fourth-order valence-corrected chi connectivity index (χ4v) is 3.33. The zero-order valence-corrected chi connectivity index (χ0v) is 12.2. The predicted molar refractivity (Wildman–Crippen MR) is 83.1 cm³/mol. The number of hydrogen-bond donors (Lipinski definition) is 2. The number of fused-ring (bicyclic) bond motifs is 1. The standard InChI is InChI=1S/C15H19N3OS/c19-15(18-11-4-2-1-3-5-11)9-16-12-6-7-14-13(8-12)17-10-20-14/h6-8,10-11,16H,1-5,9H2,(H,18,19). The van der Waals surface area contributed by atoms with Gasteiger partial charge in [-0.3, -0.25) is 4.79 Å². The molecule has 20 heavy (non-hydrogen) atoms. The molecule has 4 nitrogen and oxygen atoms in total. The summed E-state index contributed by atoms with van der Waals surface area (Å²) in [7, 11) is 0. The number of anilines is 1. The lowest BCUT2D eigenvalue weighted by molar-refractivity contribution is -0.120. The molecule has 106 valence electrons. The number of amides is 1. The summed E-state index contributed by atoms with van der Waals surface area (Å²) < 4.78 is 1.17. The van der Waals surface area contributed by atoms with E-state index in [1.54, 1.807) is 11.3 Å². The molecule has 0 atom stereocenters. The lowest BCUT2D eigenvalue weighted by atomic mass is 9.95. The minimum Gasteiger partial charge on any atom is -0.376 e. The summed E-state index contributed by atoms with van der Waals surface area (Å²) in [4.78, 5) is 16.2. The van der Waals surface area contributed by atoms with Crippen molar-refractivity contribution in [3.8, 4) is 0 Å². The molecule has 1 fully saturated rings. The van der Waals surface area contributed by atoms with Gasteiger partial charge in [0.25, 0.3) is 0 Å². The summed E-state index contributed by atoms with van der Waals surface area (Å²) in [5, 5.41) is 6.27. The van der Waals surface area contributed by atoms with Crippen LogP contribution < -0.4 is 10.6 Å². The number of carbonyl (C=O) groups is 1. The molecular formula is C15H19N3OS. The highest BCUT2D eigenvalue weighted by Gasteiger charge is 2.15. The summed E-state index contributed by atoms with van der Waals surface area (Å²) in [5.74, 6) is 0.0790. The summed E-state index contributed by atoms with van der Waals surface area (Å²) in [5.41, 5.74) is 3.76. The lowest BCUT2D eigenvalue weighted by Gasteiger charge is -2.22. The Labute approximate surface area is 122 Å². The minimum atomic E-state index is 0.0790. The van der Waals surface area contributed by atoms with Crippen molar-refractivity contribution >= 4 is 33.1 Å². The molecule has 0 bridgehead atoms. The molecule has 1 amide bonds. The fraction of sp³-hybridized carbons (Fsp3) is 0.467. The van der Waals surface area contributed by atoms with Crippen molar-refractivity contribution < 1.29 is 4.79 Å². The van der Waals surface area contributed by atoms with Crippen LogP contribution in [0.2, 0.25) is 0 Å². The minimum absolute atomic E-state index is 0.0790. The maximum absolute atomic E-state index is 11.9. The molecule has 5 heteroatoms. The molecular weight excluding hydrogens is 270 g/mol. The van der Waals surface area contributed by atoms with Gasteiger partial charge in [0.15, 0.2) is 0 Å². The van der Waals surface area contributed by atoms with Crippen molar-refractivity contribution in [3.05, 3.63) is 23.7 Å². The highest BCUT2D eigenvalue weighted by atomic mass is 32.1. The zero-order chi connectivity index (χ0) is 13.8. The van der Waals surface area contributed by atoms with Gasteiger partial charge in [-0.05, 0) is 31.0 Å². The first-order valence-corrected chi connectivity index (χ1v) is 8.06. The fourth-order valence-electron chi connectivity index (χ4n) is 2.68. The highest BCUT2D eigenvalue weighted by Crippen LogP contribution is 2.21. The van der Waals surface area contributed by atoms with Gasteiger partial charge in [0.2, 0.25) is 5.91 Å². The van der Waals surface area contributed by atoms with Gasteiger partial charge in [-0.25, -0.2) is 4.98 Å². The summed E-state index contributed by atoms with van der Waals surface area (Å²) >= 11 is 1.63. The van der Waals surface area contributed by atoms with Gasteiger partial charge in [0.05, 0.1) is 22.3 Å². The Balaban J connectivity index is 1.51. The van der Waals surface area contributed by atoms with Crippen molar-refractivity contribution in [1.29, 1.82) is 0 Å². The number of hydrogen-bond acceptors (Lipinski definition) is 4. The second-order valence-corrected chi connectivity index (χ2v) is 6.18. The van der Waals surface area contributed by atoms with E-state index in [1.165, 1.54) is 24.0 Å². The van der Waals surface area contributed by atoms with Gasteiger partial charge in [-0.1, -0.05) is 19.3 Å². The second-order valence-electron chi connectivity index (χ2n) is 5.29. The second kappa shape index (κ2) is 6.22. The third-order valence-corrected chi connectivity index (χ3v) is 4.56. The molecule has 2 aromatic rings. The largest absolute Gasteiger partial charge is 0.376 e. The van der Waals surface area contributed by atoms with E-state index in [0.29, 0.717) is 12.6 Å². The Kier molecular flexibility index (Phi) is 4.16. The van der Waals surface area contributed by atoms with Gasteiger partial charge in [0.1, 0.15) is 0 Å². The van der Waals surface area contributed by atoms with Crippen molar-refractivity contribution in [3.63, 3.8) is 0 Å². The molecule has 0 radical (unpaired) electrons. The lowest BCUT2D eigenvalue weighted by Crippen LogP contribution is -2.39. The SMILES string of the molecule is O=C(CNc1ccc2scnc2c1)NC1CCCCC1. The Hall–Kier alpha value is -1.62. The summed E-state index contributed by atoms with van der Waals surface area (Å²) in [6.45, 7) is 0.326. The van der Waals surface area contributed by atoms with E-state index < -0.39 is 0 Å². The molecule has 3 rings (SSSR count). The number of aromatic nitrogens is 1. The summed E-state index contributed by atoms with van der Waals surface area (Å²) in [6, 6.07) is 6.39. The number of nitrogens with one attached hydrogen (secondary N) is 2. The van der Waals surface area contributed by atoms with Crippen molar-refractivity contribution in [2.75, 3.05) is 11.9 Å². The number of benzene rings is 1. The Bertz CT molecular complexity index is 590. The molecule has 1 aliphatic rings. The predicted octanol–water partition coefficient (Wildman–Crippen LogP) is 3.16. The average molecular weight is 289 g/mol. The molecule has 2 N–H and O–H groups in total. The maximum atomic E-state index is 11.9. The molecule has 0 unspecified atom stereocenters. The first kappa shape index (κ1) is 13.4. The third kappa shape index (κ3) is 3.28. The van der Waals surface area contributed by atoms with Crippen LogP contribution in [0.5, 0.6) is 0 Å². The first-order valence-electron chi connectivity index (χ1n) is 7.18. The molecule has 0 aliphatic heterocycles. The topological polar surface area (TPSA) is 54.0 Å². The smallest absolute Gasteiger partial charge is 0.239 e. The van der Waals surface area contributed by atoms with Gasteiger partial charge in [-0.15, -0.1) is 11.3 Å². The van der Waals surface area contributed by atoms with E-state index in [9.17, 15) is 4.79 Å². The van der Waals surface area contributed by atoms with Crippen LogP contribution in [0.3, 0.4) is 0 Å². The van der Waals surface area contributed by atoms with Crippen molar-refractivity contribution in [2.45, 2.75) is 38.1 Å². The van der Waals surface area contributed by atoms with Gasteiger partial charge < -0.3 is 10.6 Å². The highest BCUT2D eigenvalue weighted by molar-refractivity contribution is 7.16. The first-order chi connectivity index (χ1) is 9.81.